The summed E-state index contributed by atoms with van der Waals surface area (Å²) in [6, 6.07) is 16.1. The number of amides is 2. The van der Waals surface area contributed by atoms with Crippen molar-refractivity contribution < 1.29 is 24.2 Å². The molecule has 2 aromatic carbocycles. The van der Waals surface area contributed by atoms with Gasteiger partial charge in [0.15, 0.2) is 10.8 Å². The number of fused-ring (bicyclic) bond motifs is 3. The van der Waals surface area contributed by atoms with Crippen LogP contribution >= 0.6 is 11.3 Å². The Kier molecular flexibility index (Phi) is 5.75. The van der Waals surface area contributed by atoms with Gasteiger partial charge in [0.1, 0.15) is 11.5 Å². The van der Waals surface area contributed by atoms with Crippen molar-refractivity contribution in [2.75, 3.05) is 17.2 Å². The number of carboxylic acid groups (broad SMARTS) is 1. The van der Waals surface area contributed by atoms with Crippen molar-refractivity contribution in [2.45, 2.75) is 5.92 Å². The summed E-state index contributed by atoms with van der Waals surface area (Å²) in [6.45, 7) is 0.150. The molecule has 2 aromatic heterocycles. The molecule has 1 aliphatic rings. The zero-order chi connectivity index (χ0) is 24.5. The van der Waals surface area contributed by atoms with Crippen molar-refractivity contribution in [2.24, 2.45) is 7.05 Å². The maximum atomic E-state index is 12.5. The lowest BCUT2D eigenvalue weighted by atomic mass is 9.98. The minimum atomic E-state index is -1.22. The molecule has 0 aliphatic heterocycles. The highest BCUT2D eigenvalue weighted by Gasteiger charge is 2.29. The summed E-state index contributed by atoms with van der Waals surface area (Å²) >= 11 is 0.935. The lowest BCUT2D eigenvalue weighted by Gasteiger charge is -2.14. The highest BCUT2D eigenvalue weighted by molar-refractivity contribution is 7.17. The zero-order valence-corrected chi connectivity index (χ0v) is 19.2. The van der Waals surface area contributed by atoms with E-state index in [1.165, 1.54) is 19.4 Å². The molecule has 0 saturated heterocycles. The smallest absolute Gasteiger partial charge is 0.413 e. The number of benzene rings is 2. The number of rotatable bonds is 6. The molecule has 10 nitrogen and oxygen atoms in total. The first-order valence-electron chi connectivity index (χ1n) is 10.6. The van der Waals surface area contributed by atoms with Gasteiger partial charge in [-0.2, -0.15) is 5.10 Å². The normalized spacial score (nSPS) is 12.0. The number of anilines is 2. The van der Waals surface area contributed by atoms with Gasteiger partial charge >= 0.3 is 12.1 Å². The van der Waals surface area contributed by atoms with Crippen molar-refractivity contribution in [1.29, 1.82) is 0 Å². The number of aromatic nitrogens is 3. The van der Waals surface area contributed by atoms with E-state index in [2.05, 4.69) is 32.8 Å². The number of carbonyl (C=O) groups excluding carboxylic acids is 2. The summed E-state index contributed by atoms with van der Waals surface area (Å²) in [5.41, 5.74) is 4.38. The van der Waals surface area contributed by atoms with Gasteiger partial charge in [0, 0.05) is 13.0 Å². The van der Waals surface area contributed by atoms with Gasteiger partial charge in [-0.05, 0) is 22.3 Å². The van der Waals surface area contributed by atoms with E-state index < -0.39 is 18.0 Å². The van der Waals surface area contributed by atoms with E-state index in [-0.39, 0.29) is 33.9 Å². The van der Waals surface area contributed by atoms with Crippen LogP contribution in [0.25, 0.3) is 11.1 Å². The largest absolute Gasteiger partial charge is 0.476 e. The molecule has 2 amide bonds. The Hall–Kier alpha value is -4.51. The molecule has 35 heavy (non-hydrogen) atoms. The fraction of sp³-hybridized carbons (Fsp3) is 0.125. The minimum absolute atomic E-state index is 0.0597. The van der Waals surface area contributed by atoms with E-state index in [4.69, 9.17) is 4.74 Å². The predicted molar refractivity (Wildman–Crippen MR) is 129 cm³/mol. The number of hydrogen-bond donors (Lipinski definition) is 3. The molecule has 3 N–H and O–H groups in total. The summed E-state index contributed by atoms with van der Waals surface area (Å²) in [4.78, 5) is 40.5. The average molecular weight is 490 g/mol. The third kappa shape index (κ3) is 4.24. The Bertz CT molecular complexity index is 1410. The summed E-state index contributed by atoms with van der Waals surface area (Å²) in [5, 5.41) is 18.3. The van der Waals surface area contributed by atoms with E-state index in [9.17, 15) is 19.5 Å². The predicted octanol–water partition coefficient (Wildman–Crippen LogP) is 4.19. The molecule has 176 valence electrons. The number of carboxylic acids is 1. The second-order valence-corrected chi connectivity index (χ2v) is 8.80. The van der Waals surface area contributed by atoms with Gasteiger partial charge in [-0.1, -0.05) is 59.9 Å². The van der Waals surface area contributed by atoms with Crippen LogP contribution < -0.4 is 10.6 Å². The van der Waals surface area contributed by atoms with E-state index >= 15 is 0 Å². The molecule has 0 saturated carbocycles. The van der Waals surface area contributed by atoms with Gasteiger partial charge in [0.2, 0.25) is 0 Å². The molecule has 5 rings (SSSR count). The maximum absolute atomic E-state index is 12.5. The van der Waals surface area contributed by atoms with Crippen LogP contribution in [-0.4, -0.2) is 44.4 Å². The van der Waals surface area contributed by atoms with Crippen molar-refractivity contribution in [3.63, 3.8) is 0 Å². The molecule has 0 spiro atoms. The number of carbonyl (C=O) groups is 3. The molecular formula is C24H19N5O5S. The van der Waals surface area contributed by atoms with Crippen molar-refractivity contribution in [3.8, 4) is 11.1 Å². The summed E-state index contributed by atoms with van der Waals surface area (Å²) in [6.07, 6.45) is 1.85. The first kappa shape index (κ1) is 22.3. The number of aryl methyl sites for hydroxylation is 1. The number of nitrogens with one attached hydrogen (secondary N) is 2. The number of ether oxygens (including phenoxy) is 1. The fourth-order valence-electron chi connectivity index (χ4n) is 4.13. The highest BCUT2D eigenvalue weighted by atomic mass is 32.1. The van der Waals surface area contributed by atoms with Crippen LogP contribution in [0.5, 0.6) is 0 Å². The number of nitrogens with zero attached hydrogens (tertiary/aromatic N) is 3. The van der Waals surface area contributed by atoms with E-state index in [1.54, 1.807) is 0 Å². The van der Waals surface area contributed by atoms with Gasteiger partial charge in [0.05, 0.1) is 18.1 Å². The van der Waals surface area contributed by atoms with Gasteiger partial charge in [0.25, 0.3) is 5.91 Å². The highest BCUT2D eigenvalue weighted by Crippen LogP contribution is 2.44. The quantitative estimate of drug-likeness (QED) is 0.370. The summed E-state index contributed by atoms with van der Waals surface area (Å²) < 4.78 is 6.64. The van der Waals surface area contributed by atoms with Crippen LogP contribution in [0, 0.1) is 0 Å². The van der Waals surface area contributed by atoms with Crippen LogP contribution in [0.15, 0.2) is 60.9 Å². The molecule has 1 aliphatic carbocycles. The van der Waals surface area contributed by atoms with Gasteiger partial charge in [-0.25, -0.2) is 14.6 Å². The van der Waals surface area contributed by atoms with Gasteiger partial charge in [-0.3, -0.25) is 14.8 Å². The van der Waals surface area contributed by atoms with Gasteiger partial charge in [-0.15, -0.1) is 0 Å². The average Bonchev–Trinajstić information content (AvgIpc) is 3.54. The fourth-order valence-corrected chi connectivity index (χ4v) is 4.82. The van der Waals surface area contributed by atoms with E-state index in [0.717, 1.165) is 38.3 Å². The first-order chi connectivity index (χ1) is 16.9. The Morgan fingerprint density at radius 1 is 1.03 bits per heavy atom. The molecule has 0 bridgehead atoms. The van der Waals surface area contributed by atoms with E-state index in [0.29, 0.717) is 0 Å². The molecule has 0 fully saturated rings. The van der Waals surface area contributed by atoms with Crippen molar-refractivity contribution in [3.05, 3.63) is 82.6 Å². The second-order valence-electron chi connectivity index (χ2n) is 7.77. The molecule has 11 heteroatoms. The SMILES string of the molecule is Cn1ncc(NC(=O)c2cnc(NC(=O)OCC3c4ccccc4-c4ccccc43)s2)c1C(=O)O. The number of thiazole rings is 1. The Labute approximate surface area is 203 Å². The lowest BCUT2D eigenvalue weighted by molar-refractivity contribution is 0.0686. The van der Waals surface area contributed by atoms with Crippen LogP contribution in [-0.2, 0) is 11.8 Å². The minimum Gasteiger partial charge on any atom is -0.476 e. The Balaban J connectivity index is 1.22. The number of aromatic carboxylic acids is 1. The number of hydrogen-bond acceptors (Lipinski definition) is 7. The summed E-state index contributed by atoms with van der Waals surface area (Å²) in [7, 11) is 1.46. The van der Waals surface area contributed by atoms with E-state index in [1.807, 2.05) is 36.4 Å². The van der Waals surface area contributed by atoms with Crippen molar-refractivity contribution in [1.82, 2.24) is 14.8 Å². The topological polar surface area (TPSA) is 135 Å². The van der Waals surface area contributed by atoms with Crippen molar-refractivity contribution >= 4 is 40.1 Å². The van der Waals surface area contributed by atoms with Crippen LogP contribution in [0.1, 0.15) is 37.2 Å². The standard InChI is InChI=1S/C24H19N5O5S/c1-29-20(22(31)32)18(10-26-29)27-21(30)19-11-25-23(35-19)28-24(33)34-12-17-15-8-4-2-6-13(15)14-7-3-5-9-16(14)17/h2-11,17H,12H2,1H3,(H,27,30)(H,31,32)(H,25,28,33). The van der Waals surface area contributed by atoms with Gasteiger partial charge < -0.3 is 15.2 Å². The second kappa shape index (κ2) is 9.03. The van der Waals surface area contributed by atoms with Crippen LogP contribution in [0.4, 0.5) is 15.6 Å². The third-order valence-electron chi connectivity index (χ3n) is 5.67. The van der Waals surface area contributed by atoms with Crippen LogP contribution in [0.3, 0.4) is 0 Å². The zero-order valence-electron chi connectivity index (χ0n) is 18.4. The summed E-state index contributed by atoms with van der Waals surface area (Å²) in [5.74, 6) is -1.87. The van der Waals surface area contributed by atoms with Crippen LogP contribution in [0.2, 0.25) is 0 Å². The monoisotopic (exact) mass is 489 g/mol. The lowest BCUT2D eigenvalue weighted by Crippen LogP contribution is -2.17. The molecule has 4 aromatic rings. The molecule has 2 heterocycles. The maximum Gasteiger partial charge on any atom is 0.413 e. The molecular weight excluding hydrogens is 470 g/mol. The molecule has 0 radical (unpaired) electrons. The Morgan fingerprint density at radius 3 is 2.34 bits per heavy atom. The third-order valence-corrected chi connectivity index (χ3v) is 6.58. The first-order valence-corrected chi connectivity index (χ1v) is 11.4. The molecule has 0 unspecified atom stereocenters. The Morgan fingerprint density at radius 2 is 1.69 bits per heavy atom. The molecule has 0 atom stereocenters.